The molecule has 1 aromatic carbocycles. The summed E-state index contributed by atoms with van der Waals surface area (Å²) in [7, 11) is 0. The van der Waals surface area contributed by atoms with Crippen LogP contribution < -0.4 is 5.69 Å². The van der Waals surface area contributed by atoms with Crippen LogP contribution in [0.3, 0.4) is 0 Å². The van der Waals surface area contributed by atoms with E-state index in [1.807, 2.05) is 41.1 Å². The van der Waals surface area contributed by atoms with Crippen molar-refractivity contribution in [2.45, 2.75) is 44.9 Å². The van der Waals surface area contributed by atoms with Gasteiger partial charge in [-0.2, -0.15) is 0 Å². The fourth-order valence-electron chi connectivity index (χ4n) is 4.65. The van der Waals surface area contributed by atoms with Crippen LogP contribution in [0, 0.1) is 0 Å². The number of benzene rings is 1. The molecule has 1 atom stereocenters. The Bertz CT molecular complexity index is 1290. The largest absolute Gasteiger partial charge is 0.393 e. The highest BCUT2D eigenvalue weighted by Crippen LogP contribution is 2.26. The quantitative estimate of drug-likeness (QED) is 0.539. The molecule has 31 heavy (non-hydrogen) atoms. The minimum absolute atomic E-state index is 0.0483. The summed E-state index contributed by atoms with van der Waals surface area (Å²) < 4.78 is 9.16. The topological polar surface area (TPSA) is 82.2 Å². The molecule has 1 aliphatic heterocycles. The van der Waals surface area contributed by atoms with Crippen LogP contribution in [0.5, 0.6) is 0 Å². The average molecular weight is 418 g/mol. The van der Waals surface area contributed by atoms with E-state index in [4.69, 9.17) is 9.72 Å². The maximum atomic E-state index is 13.6. The molecule has 4 heterocycles. The average Bonchev–Trinajstić information content (AvgIpc) is 3.07. The van der Waals surface area contributed by atoms with E-state index in [2.05, 4.69) is 4.98 Å². The predicted molar refractivity (Wildman–Crippen MR) is 119 cm³/mol. The Hall–Kier alpha value is -3.03. The molecule has 0 spiro atoms. The van der Waals surface area contributed by atoms with Gasteiger partial charge in [-0.1, -0.05) is 24.3 Å². The Morgan fingerprint density at radius 3 is 2.77 bits per heavy atom. The molecule has 1 unspecified atom stereocenters. The molecule has 7 heteroatoms. The molecule has 0 bridgehead atoms. The van der Waals surface area contributed by atoms with Gasteiger partial charge in [0.15, 0.2) is 0 Å². The summed E-state index contributed by atoms with van der Waals surface area (Å²) in [5.74, 6) is 0. The standard InChI is InChI=1S/C24H26N4O3/c1-16(29)12-20-19-5-3-2-4-17(19)13-26-21(20)15-27-23-14-25-9-6-22(23)28(24(27)30)18-7-10-31-11-8-18/h2-6,9,13-14,16,18,29H,7-8,10-12,15H2,1H3. The number of ether oxygens (including phenoxy) is 1. The van der Waals surface area contributed by atoms with Gasteiger partial charge >= 0.3 is 5.69 Å². The lowest BCUT2D eigenvalue weighted by molar-refractivity contribution is 0.0696. The Morgan fingerprint density at radius 2 is 1.97 bits per heavy atom. The zero-order chi connectivity index (χ0) is 21.4. The second-order valence-electron chi connectivity index (χ2n) is 8.27. The first-order valence-electron chi connectivity index (χ1n) is 10.8. The van der Waals surface area contributed by atoms with E-state index in [-0.39, 0.29) is 11.7 Å². The number of hydrogen-bond donors (Lipinski definition) is 1. The van der Waals surface area contributed by atoms with E-state index < -0.39 is 6.10 Å². The van der Waals surface area contributed by atoms with Crippen LogP contribution >= 0.6 is 0 Å². The smallest absolute Gasteiger partial charge is 0.329 e. The summed E-state index contributed by atoms with van der Waals surface area (Å²) >= 11 is 0. The molecule has 1 aliphatic rings. The Morgan fingerprint density at radius 1 is 1.16 bits per heavy atom. The normalized spacial score (nSPS) is 16.2. The minimum atomic E-state index is -0.506. The predicted octanol–water partition coefficient (Wildman–Crippen LogP) is 3.07. The first kappa shape index (κ1) is 19.9. The lowest BCUT2D eigenvalue weighted by Crippen LogP contribution is -2.31. The number of aromatic nitrogens is 4. The van der Waals surface area contributed by atoms with Crippen molar-refractivity contribution in [1.29, 1.82) is 0 Å². The number of fused-ring (bicyclic) bond motifs is 2. The molecule has 0 radical (unpaired) electrons. The molecular weight excluding hydrogens is 392 g/mol. The highest BCUT2D eigenvalue weighted by molar-refractivity contribution is 5.85. The molecule has 1 N–H and O–H groups in total. The maximum Gasteiger partial charge on any atom is 0.329 e. The van der Waals surface area contributed by atoms with E-state index in [0.717, 1.165) is 45.9 Å². The van der Waals surface area contributed by atoms with Gasteiger partial charge in [-0.25, -0.2) is 4.79 Å². The van der Waals surface area contributed by atoms with Gasteiger partial charge in [0.05, 0.1) is 35.6 Å². The van der Waals surface area contributed by atoms with E-state index >= 15 is 0 Å². The Labute approximate surface area is 179 Å². The minimum Gasteiger partial charge on any atom is -0.393 e. The van der Waals surface area contributed by atoms with Crippen LogP contribution in [0.25, 0.3) is 21.8 Å². The maximum absolute atomic E-state index is 13.6. The monoisotopic (exact) mass is 418 g/mol. The lowest BCUT2D eigenvalue weighted by Gasteiger charge is -2.23. The fourth-order valence-corrected chi connectivity index (χ4v) is 4.65. The van der Waals surface area contributed by atoms with Crippen molar-refractivity contribution >= 4 is 21.8 Å². The number of hydrogen-bond acceptors (Lipinski definition) is 5. The first-order valence-corrected chi connectivity index (χ1v) is 10.8. The van der Waals surface area contributed by atoms with Gasteiger partial charge in [-0.15, -0.1) is 0 Å². The third-order valence-corrected chi connectivity index (χ3v) is 6.12. The van der Waals surface area contributed by atoms with Gasteiger partial charge in [-0.3, -0.25) is 19.1 Å². The number of nitrogens with zero attached hydrogens (tertiary/aromatic N) is 4. The summed E-state index contributed by atoms with van der Waals surface area (Å²) in [6, 6.07) is 10.1. The van der Waals surface area contributed by atoms with Crippen molar-refractivity contribution in [2.24, 2.45) is 0 Å². The van der Waals surface area contributed by atoms with Crippen LogP contribution in [0.2, 0.25) is 0 Å². The molecule has 4 aromatic rings. The molecule has 160 valence electrons. The summed E-state index contributed by atoms with van der Waals surface area (Å²) in [6.07, 6.45) is 6.95. The molecule has 0 aliphatic carbocycles. The van der Waals surface area contributed by atoms with Crippen LogP contribution in [0.4, 0.5) is 0 Å². The molecule has 1 saturated heterocycles. The van der Waals surface area contributed by atoms with Crippen LogP contribution in [-0.4, -0.2) is 43.5 Å². The van der Waals surface area contributed by atoms with Crippen molar-refractivity contribution in [1.82, 2.24) is 19.1 Å². The van der Waals surface area contributed by atoms with Crippen molar-refractivity contribution in [2.75, 3.05) is 13.2 Å². The molecule has 1 fully saturated rings. The summed E-state index contributed by atoms with van der Waals surface area (Å²) in [5.41, 5.74) is 3.43. The summed E-state index contributed by atoms with van der Waals surface area (Å²) in [4.78, 5) is 22.6. The van der Waals surface area contributed by atoms with Crippen molar-refractivity contribution in [3.8, 4) is 0 Å². The van der Waals surface area contributed by atoms with Crippen molar-refractivity contribution < 1.29 is 9.84 Å². The van der Waals surface area contributed by atoms with Gasteiger partial charge in [0.25, 0.3) is 0 Å². The molecule has 5 rings (SSSR count). The zero-order valence-corrected chi connectivity index (χ0v) is 17.6. The molecule has 0 saturated carbocycles. The van der Waals surface area contributed by atoms with Gasteiger partial charge in [0, 0.05) is 43.5 Å². The number of aliphatic hydroxyl groups excluding tert-OH is 1. The Kier molecular flexibility index (Phi) is 5.29. The summed E-state index contributed by atoms with van der Waals surface area (Å²) in [6.45, 7) is 3.45. The molecule has 3 aromatic heterocycles. The van der Waals surface area contributed by atoms with E-state index in [1.54, 1.807) is 23.9 Å². The SMILES string of the molecule is CC(O)Cc1c(Cn2c(=O)n(C3CCOCC3)c3ccncc32)ncc2ccccc12. The Balaban J connectivity index is 1.66. The number of pyridine rings is 2. The van der Waals surface area contributed by atoms with Crippen molar-refractivity contribution in [3.05, 3.63) is 70.7 Å². The van der Waals surface area contributed by atoms with Gasteiger partial charge in [0.2, 0.25) is 0 Å². The second kappa shape index (κ2) is 8.24. The van der Waals surface area contributed by atoms with Gasteiger partial charge < -0.3 is 9.84 Å². The molecule has 0 amide bonds. The van der Waals surface area contributed by atoms with Crippen LogP contribution in [0.15, 0.2) is 53.7 Å². The molecule has 7 nitrogen and oxygen atoms in total. The van der Waals surface area contributed by atoms with E-state index in [1.165, 1.54) is 0 Å². The number of imidazole rings is 1. The fraction of sp³-hybridized carbons (Fsp3) is 0.375. The third kappa shape index (κ3) is 3.64. The highest BCUT2D eigenvalue weighted by Gasteiger charge is 2.24. The zero-order valence-electron chi connectivity index (χ0n) is 17.6. The lowest BCUT2D eigenvalue weighted by atomic mass is 9.99. The first-order chi connectivity index (χ1) is 15.1. The number of aliphatic hydroxyl groups is 1. The van der Waals surface area contributed by atoms with Gasteiger partial charge in [0.1, 0.15) is 0 Å². The van der Waals surface area contributed by atoms with Gasteiger partial charge in [-0.05, 0) is 36.8 Å². The second-order valence-corrected chi connectivity index (χ2v) is 8.27. The van der Waals surface area contributed by atoms with Crippen LogP contribution in [-0.2, 0) is 17.7 Å². The van der Waals surface area contributed by atoms with Crippen molar-refractivity contribution in [3.63, 3.8) is 0 Å². The van der Waals surface area contributed by atoms with E-state index in [9.17, 15) is 9.90 Å². The highest BCUT2D eigenvalue weighted by atomic mass is 16.5. The third-order valence-electron chi connectivity index (χ3n) is 6.12. The van der Waals surface area contributed by atoms with Crippen LogP contribution in [0.1, 0.15) is 37.1 Å². The number of rotatable bonds is 5. The molecular formula is C24H26N4O3. The van der Waals surface area contributed by atoms with E-state index in [0.29, 0.717) is 26.2 Å². The summed E-state index contributed by atoms with van der Waals surface area (Å²) in [5, 5.41) is 12.2.